The second-order valence-corrected chi connectivity index (χ2v) is 5.71. The summed E-state index contributed by atoms with van der Waals surface area (Å²) in [6.45, 7) is 2.22. The van der Waals surface area contributed by atoms with Crippen LogP contribution in [0.5, 0.6) is 0 Å². The molecule has 1 aliphatic carbocycles. The first-order valence-electron chi connectivity index (χ1n) is 7.27. The van der Waals surface area contributed by atoms with Crippen molar-refractivity contribution in [2.24, 2.45) is 11.7 Å². The molecule has 0 radical (unpaired) electrons. The minimum atomic E-state index is -0.587. The van der Waals surface area contributed by atoms with Crippen LogP contribution in [0.4, 0.5) is 11.5 Å². The van der Waals surface area contributed by atoms with Crippen molar-refractivity contribution in [1.82, 2.24) is 14.6 Å². The van der Waals surface area contributed by atoms with Crippen LogP contribution in [0, 0.1) is 5.92 Å². The SMILES string of the molecule is CC1CCCCC1Nc1c(C(N)=O)c(N)nn2ccnc12. The molecule has 0 bridgehead atoms. The Hall–Kier alpha value is -2.31. The normalized spacial score (nSPS) is 22.3. The number of carbonyl (C=O) groups excluding carboxylic acids is 1. The number of nitrogens with zero attached hydrogens (tertiary/aromatic N) is 3. The minimum Gasteiger partial charge on any atom is -0.382 e. The molecular weight excluding hydrogens is 268 g/mol. The van der Waals surface area contributed by atoms with Crippen molar-refractivity contribution in [2.45, 2.75) is 38.6 Å². The van der Waals surface area contributed by atoms with E-state index in [2.05, 4.69) is 22.3 Å². The number of fused-ring (bicyclic) bond motifs is 1. The molecule has 21 heavy (non-hydrogen) atoms. The van der Waals surface area contributed by atoms with Crippen LogP contribution in [-0.2, 0) is 0 Å². The predicted octanol–water partition coefficient (Wildman–Crippen LogP) is 1.40. The third-order valence-electron chi connectivity index (χ3n) is 4.25. The van der Waals surface area contributed by atoms with Crippen molar-refractivity contribution >= 4 is 23.1 Å². The molecule has 0 aliphatic heterocycles. The van der Waals surface area contributed by atoms with Crippen LogP contribution in [0.3, 0.4) is 0 Å². The first kappa shape index (κ1) is 13.7. The fraction of sp³-hybridized carbons (Fsp3) is 0.500. The standard InChI is InChI=1S/C14H20N6O/c1-8-4-2-3-5-9(8)18-11-10(13(16)21)12(15)19-20-7-6-17-14(11)20/h6-9,18H,2-5H2,1H3,(H2,15,19)(H2,16,21). The topological polar surface area (TPSA) is 111 Å². The zero-order valence-corrected chi connectivity index (χ0v) is 12.0. The largest absolute Gasteiger partial charge is 0.382 e. The molecule has 2 atom stereocenters. The average Bonchev–Trinajstić information content (AvgIpc) is 2.88. The van der Waals surface area contributed by atoms with Gasteiger partial charge in [-0.05, 0) is 18.8 Å². The van der Waals surface area contributed by atoms with Crippen LogP contribution < -0.4 is 16.8 Å². The van der Waals surface area contributed by atoms with E-state index in [9.17, 15) is 4.79 Å². The summed E-state index contributed by atoms with van der Waals surface area (Å²) in [6.07, 6.45) is 8.00. The first-order valence-corrected chi connectivity index (χ1v) is 7.27. The Morgan fingerprint density at radius 1 is 1.43 bits per heavy atom. The fourth-order valence-corrected chi connectivity index (χ4v) is 3.06. The Kier molecular flexibility index (Phi) is 3.40. The second kappa shape index (κ2) is 5.23. The van der Waals surface area contributed by atoms with Gasteiger partial charge >= 0.3 is 0 Å². The molecular formula is C14H20N6O. The van der Waals surface area contributed by atoms with Crippen molar-refractivity contribution in [2.75, 3.05) is 11.1 Å². The molecule has 1 amide bonds. The van der Waals surface area contributed by atoms with E-state index >= 15 is 0 Å². The molecule has 0 spiro atoms. The summed E-state index contributed by atoms with van der Waals surface area (Å²) in [5.74, 6) is 0.0688. The number of nitrogens with one attached hydrogen (secondary N) is 1. The van der Waals surface area contributed by atoms with E-state index in [1.165, 1.54) is 19.3 Å². The van der Waals surface area contributed by atoms with E-state index in [1.807, 2.05) is 0 Å². The van der Waals surface area contributed by atoms with E-state index in [1.54, 1.807) is 16.9 Å². The first-order chi connectivity index (χ1) is 10.1. The Morgan fingerprint density at radius 2 is 2.19 bits per heavy atom. The maximum absolute atomic E-state index is 11.8. The van der Waals surface area contributed by atoms with Crippen LogP contribution in [0.2, 0.25) is 0 Å². The summed E-state index contributed by atoms with van der Waals surface area (Å²) in [5, 5.41) is 7.57. The Balaban J connectivity index is 2.08. The lowest BCUT2D eigenvalue weighted by Gasteiger charge is -2.31. The summed E-state index contributed by atoms with van der Waals surface area (Å²) in [5.41, 5.74) is 12.8. The molecule has 7 nitrogen and oxygen atoms in total. The smallest absolute Gasteiger partial charge is 0.254 e. The van der Waals surface area contributed by atoms with Crippen LogP contribution in [0.1, 0.15) is 43.0 Å². The Morgan fingerprint density at radius 3 is 2.90 bits per heavy atom. The molecule has 1 aliphatic rings. The van der Waals surface area contributed by atoms with E-state index in [-0.39, 0.29) is 11.4 Å². The number of aromatic nitrogens is 3. The molecule has 2 heterocycles. The summed E-state index contributed by atoms with van der Waals surface area (Å²) in [4.78, 5) is 16.0. The highest BCUT2D eigenvalue weighted by molar-refractivity contribution is 6.05. The highest BCUT2D eigenvalue weighted by Crippen LogP contribution is 2.31. The third-order valence-corrected chi connectivity index (χ3v) is 4.25. The summed E-state index contributed by atoms with van der Waals surface area (Å²) in [6, 6.07) is 0.291. The molecule has 2 unspecified atom stereocenters. The zero-order valence-electron chi connectivity index (χ0n) is 12.0. The highest BCUT2D eigenvalue weighted by atomic mass is 16.1. The number of primary amides is 1. The quantitative estimate of drug-likeness (QED) is 0.790. The Labute approximate surface area is 122 Å². The number of hydrogen-bond donors (Lipinski definition) is 3. The van der Waals surface area contributed by atoms with Gasteiger partial charge in [-0.3, -0.25) is 4.79 Å². The van der Waals surface area contributed by atoms with Crippen LogP contribution >= 0.6 is 0 Å². The maximum atomic E-state index is 11.8. The number of anilines is 2. The monoisotopic (exact) mass is 288 g/mol. The van der Waals surface area contributed by atoms with Gasteiger partial charge in [0, 0.05) is 18.4 Å². The van der Waals surface area contributed by atoms with Gasteiger partial charge < -0.3 is 16.8 Å². The minimum absolute atomic E-state index is 0.124. The number of rotatable bonds is 3. The molecule has 7 heteroatoms. The van der Waals surface area contributed by atoms with Gasteiger partial charge in [-0.15, -0.1) is 5.10 Å². The number of hydrogen-bond acceptors (Lipinski definition) is 5. The number of nitrogen functional groups attached to an aromatic ring is 1. The molecule has 3 rings (SSSR count). The molecule has 0 aromatic carbocycles. The highest BCUT2D eigenvalue weighted by Gasteiger charge is 2.26. The van der Waals surface area contributed by atoms with Gasteiger partial charge in [0.1, 0.15) is 5.56 Å². The molecule has 112 valence electrons. The molecule has 1 saturated carbocycles. The van der Waals surface area contributed by atoms with Gasteiger partial charge in [0.25, 0.3) is 5.91 Å². The number of carbonyl (C=O) groups is 1. The van der Waals surface area contributed by atoms with Gasteiger partial charge in [0.05, 0.1) is 5.69 Å². The van der Waals surface area contributed by atoms with Gasteiger partial charge in [-0.2, -0.15) is 0 Å². The number of amides is 1. The summed E-state index contributed by atoms with van der Waals surface area (Å²) in [7, 11) is 0. The van der Waals surface area contributed by atoms with Crippen molar-refractivity contribution in [3.8, 4) is 0 Å². The summed E-state index contributed by atoms with van der Waals surface area (Å²) >= 11 is 0. The Bertz CT molecular complexity index is 679. The average molecular weight is 288 g/mol. The number of nitrogens with two attached hydrogens (primary N) is 2. The van der Waals surface area contributed by atoms with Crippen molar-refractivity contribution in [3.63, 3.8) is 0 Å². The predicted molar refractivity (Wildman–Crippen MR) is 81.0 cm³/mol. The van der Waals surface area contributed by atoms with Gasteiger partial charge in [0.2, 0.25) is 0 Å². The van der Waals surface area contributed by atoms with E-state index in [4.69, 9.17) is 11.5 Å². The van der Waals surface area contributed by atoms with Gasteiger partial charge in [-0.25, -0.2) is 9.50 Å². The molecule has 0 saturated heterocycles. The van der Waals surface area contributed by atoms with Crippen LogP contribution in [0.15, 0.2) is 12.4 Å². The molecule has 5 N–H and O–H groups in total. The van der Waals surface area contributed by atoms with Crippen LogP contribution in [0.25, 0.3) is 5.65 Å². The molecule has 2 aromatic rings. The third kappa shape index (κ3) is 2.39. The summed E-state index contributed by atoms with van der Waals surface area (Å²) < 4.78 is 1.57. The van der Waals surface area contributed by atoms with E-state index in [0.717, 1.165) is 6.42 Å². The van der Waals surface area contributed by atoms with Gasteiger partial charge in [0.15, 0.2) is 11.5 Å². The fourth-order valence-electron chi connectivity index (χ4n) is 3.06. The zero-order chi connectivity index (χ0) is 15.0. The lowest BCUT2D eigenvalue weighted by Crippen LogP contribution is -2.32. The lowest BCUT2D eigenvalue weighted by atomic mass is 9.85. The van der Waals surface area contributed by atoms with Crippen molar-refractivity contribution < 1.29 is 4.79 Å². The lowest BCUT2D eigenvalue weighted by molar-refractivity contribution is 0.100. The van der Waals surface area contributed by atoms with Gasteiger partial charge in [-0.1, -0.05) is 19.8 Å². The molecule has 1 fully saturated rings. The number of imidazole rings is 1. The van der Waals surface area contributed by atoms with E-state index in [0.29, 0.717) is 23.3 Å². The van der Waals surface area contributed by atoms with E-state index < -0.39 is 5.91 Å². The van der Waals surface area contributed by atoms with Crippen LogP contribution in [-0.4, -0.2) is 26.5 Å². The maximum Gasteiger partial charge on any atom is 0.254 e. The van der Waals surface area contributed by atoms with Crippen molar-refractivity contribution in [1.29, 1.82) is 0 Å². The van der Waals surface area contributed by atoms with Crippen molar-refractivity contribution in [3.05, 3.63) is 18.0 Å². The second-order valence-electron chi connectivity index (χ2n) is 5.71. The molecule has 2 aromatic heterocycles.